The minimum absolute atomic E-state index is 0.476. The summed E-state index contributed by atoms with van der Waals surface area (Å²) in [6, 6.07) is 7.63. The van der Waals surface area contributed by atoms with Crippen molar-refractivity contribution in [1.82, 2.24) is 9.97 Å². The molecule has 3 rings (SSSR count). The van der Waals surface area contributed by atoms with Gasteiger partial charge in [-0.25, -0.2) is 9.97 Å². The molecule has 0 saturated carbocycles. The number of fused-ring (bicyclic) bond motifs is 1. The van der Waals surface area contributed by atoms with Crippen molar-refractivity contribution in [3.8, 4) is 5.88 Å². The molecule has 19 heavy (non-hydrogen) atoms. The van der Waals surface area contributed by atoms with Crippen LogP contribution in [-0.2, 0) is 6.61 Å². The van der Waals surface area contributed by atoms with Crippen LogP contribution in [0.25, 0.3) is 10.2 Å². The molecule has 0 amide bonds. The Morgan fingerprint density at radius 3 is 2.79 bits per heavy atom. The van der Waals surface area contributed by atoms with Crippen molar-refractivity contribution in [3.63, 3.8) is 0 Å². The van der Waals surface area contributed by atoms with Gasteiger partial charge in [0, 0.05) is 5.69 Å². The summed E-state index contributed by atoms with van der Waals surface area (Å²) in [5, 5.41) is 2.06. The Morgan fingerprint density at radius 2 is 2.00 bits per heavy atom. The molecule has 4 nitrogen and oxygen atoms in total. The Balaban J connectivity index is 1.83. The number of nitrogens with two attached hydrogens (primary N) is 1. The van der Waals surface area contributed by atoms with Gasteiger partial charge in [-0.2, -0.15) is 0 Å². The molecule has 0 fully saturated rings. The summed E-state index contributed by atoms with van der Waals surface area (Å²) < 4.78 is 6.77. The Bertz CT molecular complexity index is 706. The summed E-state index contributed by atoms with van der Waals surface area (Å²) in [5.74, 6) is 0.639. The molecular weight excluding hydrogens is 258 g/mol. The standard InChI is InChI=1S/C14H13N3OS/c1-9-7-19-13-12(9)16-8-17-14(13)18-6-10-2-4-11(15)5-3-10/h2-5,7-8H,6,15H2,1H3. The van der Waals surface area contributed by atoms with E-state index in [0.717, 1.165) is 27.0 Å². The van der Waals surface area contributed by atoms with Crippen LogP contribution in [0.5, 0.6) is 5.88 Å². The number of aromatic nitrogens is 2. The quantitative estimate of drug-likeness (QED) is 0.743. The Morgan fingerprint density at radius 1 is 1.21 bits per heavy atom. The molecule has 0 spiro atoms. The van der Waals surface area contributed by atoms with E-state index in [9.17, 15) is 0 Å². The normalized spacial score (nSPS) is 10.8. The maximum absolute atomic E-state index is 5.78. The molecule has 0 aliphatic carbocycles. The van der Waals surface area contributed by atoms with Crippen LogP contribution in [0, 0.1) is 6.92 Å². The van der Waals surface area contributed by atoms with Gasteiger partial charge in [0.1, 0.15) is 17.6 Å². The summed E-state index contributed by atoms with van der Waals surface area (Å²) >= 11 is 1.61. The first-order valence-corrected chi connectivity index (χ1v) is 6.78. The van der Waals surface area contributed by atoms with Crippen LogP contribution in [0.4, 0.5) is 5.69 Å². The average molecular weight is 271 g/mol. The molecule has 2 aromatic heterocycles. The van der Waals surface area contributed by atoms with Gasteiger partial charge in [-0.3, -0.25) is 0 Å². The van der Waals surface area contributed by atoms with Crippen LogP contribution >= 0.6 is 11.3 Å². The smallest absolute Gasteiger partial charge is 0.235 e. The number of rotatable bonds is 3. The van der Waals surface area contributed by atoms with Crippen molar-refractivity contribution < 1.29 is 4.74 Å². The third-order valence-electron chi connectivity index (χ3n) is 2.85. The van der Waals surface area contributed by atoms with Gasteiger partial charge in [0.15, 0.2) is 0 Å². The molecule has 96 valence electrons. The van der Waals surface area contributed by atoms with Crippen molar-refractivity contribution in [1.29, 1.82) is 0 Å². The zero-order valence-corrected chi connectivity index (χ0v) is 11.3. The van der Waals surface area contributed by atoms with E-state index in [1.165, 1.54) is 0 Å². The highest BCUT2D eigenvalue weighted by molar-refractivity contribution is 7.17. The zero-order valence-electron chi connectivity index (χ0n) is 10.5. The van der Waals surface area contributed by atoms with Crippen LogP contribution in [0.1, 0.15) is 11.1 Å². The first-order chi connectivity index (χ1) is 9.24. The van der Waals surface area contributed by atoms with E-state index in [0.29, 0.717) is 12.5 Å². The van der Waals surface area contributed by atoms with E-state index in [4.69, 9.17) is 10.5 Å². The van der Waals surface area contributed by atoms with Crippen LogP contribution in [-0.4, -0.2) is 9.97 Å². The van der Waals surface area contributed by atoms with E-state index in [-0.39, 0.29) is 0 Å². The Hall–Kier alpha value is -2.14. The lowest BCUT2D eigenvalue weighted by atomic mass is 10.2. The molecule has 1 aromatic carbocycles. The summed E-state index contributed by atoms with van der Waals surface area (Å²) in [4.78, 5) is 8.48. The maximum atomic E-state index is 5.78. The average Bonchev–Trinajstić information content (AvgIpc) is 2.81. The van der Waals surface area contributed by atoms with Crippen LogP contribution in [0.15, 0.2) is 36.0 Å². The largest absolute Gasteiger partial charge is 0.472 e. The molecule has 0 atom stereocenters. The van der Waals surface area contributed by atoms with Crippen molar-refractivity contribution in [2.45, 2.75) is 13.5 Å². The van der Waals surface area contributed by atoms with Gasteiger partial charge in [-0.1, -0.05) is 12.1 Å². The molecule has 0 aliphatic heterocycles. The zero-order chi connectivity index (χ0) is 13.2. The van der Waals surface area contributed by atoms with E-state index in [2.05, 4.69) is 15.3 Å². The monoisotopic (exact) mass is 271 g/mol. The number of aryl methyl sites for hydroxylation is 1. The lowest BCUT2D eigenvalue weighted by molar-refractivity contribution is 0.298. The molecule has 0 bridgehead atoms. The predicted octanol–water partition coefficient (Wildman–Crippen LogP) is 3.16. The first-order valence-electron chi connectivity index (χ1n) is 5.90. The topological polar surface area (TPSA) is 61.0 Å². The van der Waals surface area contributed by atoms with Crippen molar-refractivity contribution in [2.24, 2.45) is 0 Å². The maximum Gasteiger partial charge on any atom is 0.235 e. The number of benzene rings is 1. The van der Waals surface area contributed by atoms with Gasteiger partial charge in [-0.15, -0.1) is 11.3 Å². The Labute approximate surface area is 114 Å². The van der Waals surface area contributed by atoms with E-state index in [1.54, 1.807) is 17.7 Å². The number of nitrogen functional groups attached to an aromatic ring is 1. The second-order valence-corrected chi connectivity index (χ2v) is 5.19. The highest BCUT2D eigenvalue weighted by Gasteiger charge is 2.09. The van der Waals surface area contributed by atoms with Crippen molar-refractivity contribution >= 4 is 27.2 Å². The van der Waals surface area contributed by atoms with Crippen LogP contribution in [0.2, 0.25) is 0 Å². The van der Waals surface area contributed by atoms with Crippen LogP contribution < -0.4 is 10.5 Å². The van der Waals surface area contributed by atoms with Gasteiger partial charge in [0.25, 0.3) is 0 Å². The van der Waals surface area contributed by atoms with Crippen molar-refractivity contribution in [3.05, 3.63) is 47.1 Å². The molecule has 5 heteroatoms. The van der Waals surface area contributed by atoms with E-state index < -0.39 is 0 Å². The van der Waals surface area contributed by atoms with E-state index >= 15 is 0 Å². The van der Waals surface area contributed by atoms with Crippen molar-refractivity contribution in [2.75, 3.05) is 5.73 Å². The predicted molar refractivity (Wildman–Crippen MR) is 77.3 cm³/mol. The van der Waals surface area contributed by atoms with Crippen LogP contribution in [0.3, 0.4) is 0 Å². The molecule has 0 radical (unpaired) electrons. The molecule has 3 aromatic rings. The molecule has 2 N–H and O–H groups in total. The minimum Gasteiger partial charge on any atom is -0.472 e. The summed E-state index contributed by atoms with van der Waals surface area (Å²) in [6.07, 6.45) is 1.54. The SMILES string of the molecule is Cc1csc2c(OCc3ccc(N)cc3)ncnc12. The van der Waals surface area contributed by atoms with E-state index in [1.807, 2.05) is 31.2 Å². The third kappa shape index (κ3) is 2.37. The number of thiophene rings is 1. The fourth-order valence-electron chi connectivity index (χ4n) is 1.82. The number of ether oxygens (including phenoxy) is 1. The summed E-state index contributed by atoms with van der Waals surface area (Å²) in [7, 11) is 0. The summed E-state index contributed by atoms with van der Waals surface area (Å²) in [6.45, 7) is 2.51. The van der Waals surface area contributed by atoms with Gasteiger partial charge in [0.05, 0.1) is 5.52 Å². The van der Waals surface area contributed by atoms with Gasteiger partial charge in [-0.05, 0) is 35.6 Å². The van der Waals surface area contributed by atoms with Gasteiger partial charge >= 0.3 is 0 Å². The lowest BCUT2D eigenvalue weighted by Crippen LogP contribution is -1.98. The van der Waals surface area contributed by atoms with Gasteiger partial charge < -0.3 is 10.5 Å². The highest BCUT2D eigenvalue weighted by atomic mass is 32.1. The number of anilines is 1. The summed E-state index contributed by atoms with van der Waals surface area (Å²) in [5.41, 5.74) is 9.58. The second-order valence-electron chi connectivity index (χ2n) is 4.31. The fraction of sp³-hybridized carbons (Fsp3) is 0.143. The fourth-order valence-corrected chi connectivity index (χ4v) is 2.76. The molecule has 0 aliphatic rings. The molecular formula is C14H13N3OS. The second kappa shape index (κ2) is 4.85. The molecule has 0 unspecified atom stereocenters. The highest BCUT2D eigenvalue weighted by Crippen LogP contribution is 2.30. The minimum atomic E-state index is 0.476. The number of nitrogens with zero attached hydrogens (tertiary/aromatic N) is 2. The lowest BCUT2D eigenvalue weighted by Gasteiger charge is -2.06. The van der Waals surface area contributed by atoms with Gasteiger partial charge in [0.2, 0.25) is 5.88 Å². The molecule has 0 saturated heterocycles. The first kappa shape index (κ1) is 11.9. The number of hydrogen-bond acceptors (Lipinski definition) is 5. The number of hydrogen-bond donors (Lipinski definition) is 1. The third-order valence-corrected chi connectivity index (χ3v) is 3.93. The Kier molecular flexibility index (Phi) is 3.05. The molecule has 2 heterocycles.